The summed E-state index contributed by atoms with van der Waals surface area (Å²) in [6.07, 6.45) is 3.46. The van der Waals surface area contributed by atoms with Crippen molar-refractivity contribution in [1.82, 2.24) is 10.3 Å². The van der Waals surface area contributed by atoms with Crippen molar-refractivity contribution in [2.75, 3.05) is 18.1 Å². The van der Waals surface area contributed by atoms with Gasteiger partial charge in [-0.15, -0.1) is 0 Å². The second kappa shape index (κ2) is 5.84. The van der Waals surface area contributed by atoms with Crippen LogP contribution >= 0.6 is 0 Å². The van der Waals surface area contributed by atoms with Gasteiger partial charge in [-0.05, 0) is 43.2 Å². The highest BCUT2D eigenvalue weighted by Gasteiger charge is 2.29. The summed E-state index contributed by atoms with van der Waals surface area (Å²) in [5, 5.41) is 3.85. The van der Waals surface area contributed by atoms with Gasteiger partial charge in [0.25, 0.3) is 5.91 Å². The number of aromatic nitrogens is 1. The molecule has 0 bridgehead atoms. The number of carbonyl (C=O) groups is 1. The van der Waals surface area contributed by atoms with Crippen molar-refractivity contribution >= 4 is 26.6 Å². The van der Waals surface area contributed by atoms with Crippen LogP contribution in [-0.2, 0) is 22.7 Å². The van der Waals surface area contributed by atoms with Crippen molar-refractivity contribution in [3.8, 4) is 0 Å². The van der Waals surface area contributed by atoms with E-state index >= 15 is 0 Å². The van der Waals surface area contributed by atoms with Gasteiger partial charge in [0.05, 0.1) is 22.6 Å². The number of pyridine rings is 1. The fourth-order valence-corrected chi connectivity index (χ4v) is 5.69. The van der Waals surface area contributed by atoms with Crippen LogP contribution in [0.4, 0.5) is 0 Å². The summed E-state index contributed by atoms with van der Waals surface area (Å²) in [6, 6.07) is 7.73. The Balaban J connectivity index is 1.62. The number of fused-ring (bicyclic) bond motifs is 2. The molecule has 2 aliphatic rings. The van der Waals surface area contributed by atoms with E-state index < -0.39 is 9.84 Å². The first kappa shape index (κ1) is 15.6. The van der Waals surface area contributed by atoms with Gasteiger partial charge in [-0.25, -0.2) is 8.42 Å². The van der Waals surface area contributed by atoms with Crippen LogP contribution < -0.4 is 5.32 Å². The molecule has 4 rings (SSSR count). The van der Waals surface area contributed by atoms with Crippen LogP contribution in [0.25, 0.3) is 10.9 Å². The van der Waals surface area contributed by atoms with Gasteiger partial charge >= 0.3 is 0 Å². The quantitative estimate of drug-likeness (QED) is 0.922. The highest BCUT2D eigenvalue weighted by Crippen LogP contribution is 2.30. The highest BCUT2D eigenvalue weighted by atomic mass is 32.2. The fraction of sp³-hybridized carbons (Fsp3) is 0.444. The first-order valence-electron chi connectivity index (χ1n) is 8.42. The highest BCUT2D eigenvalue weighted by molar-refractivity contribution is 7.91. The van der Waals surface area contributed by atoms with Gasteiger partial charge in [-0.2, -0.15) is 0 Å². The summed E-state index contributed by atoms with van der Waals surface area (Å²) in [7, 11) is -2.91. The topological polar surface area (TPSA) is 76.1 Å². The third kappa shape index (κ3) is 2.79. The maximum absolute atomic E-state index is 12.8. The van der Waals surface area contributed by atoms with E-state index in [4.69, 9.17) is 4.98 Å². The normalized spacial score (nSPS) is 21.8. The van der Waals surface area contributed by atoms with Gasteiger partial charge in [0.2, 0.25) is 0 Å². The van der Waals surface area contributed by atoms with Gasteiger partial charge < -0.3 is 5.32 Å². The zero-order valence-electron chi connectivity index (χ0n) is 13.4. The number of aryl methyl sites for hydroxylation is 1. The number of para-hydroxylation sites is 1. The Morgan fingerprint density at radius 3 is 2.88 bits per heavy atom. The Morgan fingerprint density at radius 1 is 1.25 bits per heavy atom. The number of amides is 1. The molecule has 24 heavy (non-hydrogen) atoms. The molecule has 1 saturated heterocycles. The molecule has 1 aromatic carbocycles. The summed E-state index contributed by atoms with van der Waals surface area (Å²) in [5.74, 6) is 0.347. The minimum absolute atomic E-state index is 0.0279. The SMILES string of the molecule is O=C(NC[C@H]1CCS(=O)(=O)C1)c1c2c(nc3ccccc13)CCC2. The van der Waals surface area contributed by atoms with Gasteiger partial charge in [0, 0.05) is 17.6 Å². The number of hydrogen-bond acceptors (Lipinski definition) is 4. The van der Waals surface area contributed by atoms with E-state index in [0.29, 0.717) is 13.0 Å². The minimum atomic E-state index is -2.91. The molecular weight excluding hydrogens is 324 g/mol. The van der Waals surface area contributed by atoms with Gasteiger partial charge in [-0.1, -0.05) is 18.2 Å². The summed E-state index contributed by atoms with van der Waals surface area (Å²) in [5.41, 5.74) is 3.67. The van der Waals surface area contributed by atoms with Crippen LogP contribution in [0, 0.1) is 5.92 Å². The molecule has 1 aliphatic carbocycles. The number of benzene rings is 1. The molecule has 5 nitrogen and oxygen atoms in total. The smallest absolute Gasteiger partial charge is 0.252 e. The largest absolute Gasteiger partial charge is 0.352 e. The van der Waals surface area contributed by atoms with E-state index in [0.717, 1.165) is 47.0 Å². The van der Waals surface area contributed by atoms with Crippen molar-refractivity contribution in [2.24, 2.45) is 5.92 Å². The van der Waals surface area contributed by atoms with Crippen LogP contribution in [0.15, 0.2) is 24.3 Å². The Hall–Kier alpha value is -1.95. The number of nitrogens with one attached hydrogen (secondary N) is 1. The Bertz CT molecular complexity index is 921. The number of rotatable bonds is 3. The van der Waals surface area contributed by atoms with E-state index in [1.54, 1.807) is 0 Å². The maximum atomic E-state index is 12.8. The van der Waals surface area contributed by atoms with E-state index in [9.17, 15) is 13.2 Å². The van der Waals surface area contributed by atoms with Crippen molar-refractivity contribution in [1.29, 1.82) is 0 Å². The predicted octanol–water partition coefficient (Wildman–Crippen LogP) is 1.89. The molecule has 1 atom stereocenters. The first-order valence-corrected chi connectivity index (χ1v) is 10.2. The van der Waals surface area contributed by atoms with Crippen molar-refractivity contribution < 1.29 is 13.2 Å². The van der Waals surface area contributed by atoms with E-state index in [1.807, 2.05) is 24.3 Å². The molecule has 1 fully saturated rings. The monoisotopic (exact) mass is 344 g/mol. The van der Waals surface area contributed by atoms with Crippen LogP contribution in [0.1, 0.15) is 34.5 Å². The lowest BCUT2D eigenvalue weighted by Crippen LogP contribution is -2.30. The molecule has 1 amide bonds. The maximum Gasteiger partial charge on any atom is 0.252 e. The molecule has 2 heterocycles. The first-order chi connectivity index (χ1) is 11.5. The predicted molar refractivity (Wildman–Crippen MR) is 92.9 cm³/mol. The van der Waals surface area contributed by atoms with Crippen LogP contribution in [-0.4, -0.2) is 37.4 Å². The van der Waals surface area contributed by atoms with Gasteiger partial charge in [-0.3, -0.25) is 9.78 Å². The molecular formula is C18H20N2O3S. The lowest BCUT2D eigenvalue weighted by atomic mass is 10.00. The Kier molecular flexibility index (Phi) is 3.79. The molecule has 0 unspecified atom stereocenters. The molecule has 0 spiro atoms. The Labute approximate surface area is 141 Å². The second-order valence-corrected chi connectivity index (χ2v) is 8.99. The van der Waals surface area contributed by atoms with E-state index in [-0.39, 0.29) is 23.3 Å². The number of nitrogens with zero attached hydrogens (tertiary/aromatic N) is 1. The molecule has 0 radical (unpaired) electrons. The lowest BCUT2D eigenvalue weighted by molar-refractivity contribution is 0.0949. The van der Waals surface area contributed by atoms with Gasteiger partial charge in [0.15, 0.2) is 9.84 Å². The third-order valence-electron chi connectivity index (χ3n) is 5.02. The number of carbonyl (C=O) groups excluding carboxylic acids is 1. The number of sulfone groups is 1. The zero-order chi connectivity index (χ0) is 16.7. The molecule has 1 aliphatic heterocycles. The average molecular weight is 344 g/mol. The molecule has 0 saturated carbocycles. The third-order valence-corrected chi connectivity index (χ3v) is 6.86. The minimum Gasteiger partial charge on any atom is -0.352 e. The molecule has 1 N–H and O–H groups in total. The number of hydrogen-bond donors (Lipinski definition) is 1. The van der Waals surface area contributed by atoms with E-state index in [1.165, 1.54) is 0 Å². The fourth-order valence-electron chi connectivity index (χ4n) is 3.83. The molecule has 126 valence electrons. The van der Waals surface area contributed by atoms with Crippen LogP contribution in [0.3, 0.4) is 0 Å². The standard InChI is InChI=1S/C18H20N2O3S/c21-18(19-10-12-8-9-24(22,23)11-12)17-13-4-1-2-6-15(13)20-16-7-3-5-14(16)17/h1-2,4,6,12H,3,5,7-11H2,(H,19,21)/t12-/m1/s1. The van der Waals surface area contributed by atoms with Crippen molar-refractivity contribution in [2.45, 2.75) is 25.7 Å². The van der Waals surface area contributed by atoms with Crippen LogP contribution in [0.5, 0.6) is 0 Å². The molecule has 2 aromatic rings. The van der Waals surface area contributed by atoms with Crippen LogP contribution in [0.2, 0.25) is 0 Å². The molecule has 6 heteroatoms. The lowest BCUT2D eigenvalue weighted by Gasteiger charge is -2.14. The summed E-state index contributed by atoms with van der Waals surface area (Å²) in [6.45, 7) is 0.420. The summed E-state index contributed by atoms with van der Waals surface area (Å²) in [4.78, 5) is 17.5. The Morgan fingerprint density at radius 2 is 2.08 bits per heavy atom. The summed E-state index contributed by atoms with van der Waals surface area (Å²) < 4.78 is 23.1. The van der Waals surface area contributed by atoms with E-state index in [2.05, 4.69) is 5.32 Å². The zero-order valence-corrected chi connectivity index (χ0v) is 14.2. The van der Waals surface area contributed by atoms with Crippen molar-refractivity contribution in [3.05, 3.63) is 41.1 Å². The average Bonchev–Trinajstić information content (AvgIpc) is 3.15. The second-order valence-electron chi connectivity index (χ2n) is 6.76. The van der Waals surface area contributed by atoms with Crippen molar-refractivity contribution in [3.63, 3.8) is 0 Å². The summed E-state index contributed by atoms with van der Waals surface area (Å²) >= 11 is 0. The van der Waals surface area contributed by atoms with Gasteiger partial charge in [0.1, 0.15) is 0 Å². The molecule has 1 aromatic heterocycles.